The second-order valence-electron chi connectivity index (χ2n) is 3.77. The number of nitrogens with one attached hydrogen (secondary N) is 1. The fourth-order valence-corrected chi connectivity index (χ4v) is 1.91. The average molecular weight is 248 g/mol. The van der Waals surface area contributed by atoms with Crippen molar-refractivity contribution in [2.45, 2.75) is 18.9 Å². The van der Waals surface area contributed by atoms with Crippen molar-refractivity contribution in [3.05, 3.63) is 28.8 Å². The fourth-order valence-electron chi connectivity index (χ4n) is 1.72. The number of piperidine rings is 1. The van der Waals surface area contributed by atoms with E-state index < -0.39 is 11.6 Å². The van der Waals surface area contributed by atoms with Crippen LogP contribution in [-0.4, -0.2) is 19.2 Å². The molecule has 0 aliphatic carbocycles. The van der Waals surface area contributed by atoms with Crippen LogP contribution in [-0.2, 0) is 0 Å². The van der Waals surface area contributed by atoms with Crippen molar-refractivity contribution in [1.29, 1.82) is 0 Å². The number of hydrogen-bond donors (Lipinski definition) is 1. The summed E-state index contributed by atoms with van der Waals surface area (Å²) in [6.45, 7) is 1.61. The summed E-state index contributed by atoms with van der Waals surface area (Å²) in [5.41, 5.74) is 0. The zero-order valence-corrected chi connectivity index (χ0v) is 9.36. The molecular formula is C11H12ClF2NO. The van der Waals surface area contributed by atoms with Gasteiger partial charge in [0.25, 0.3) is 0 Å². The predicted octanol–water partition coefficient (Wildman–Crippen LogP) is 2.75. The maximum absolute atomic E-state index is 13.4. The third-order valence-electron chi connectivity index (χ3n) is 2.53. The van der Waals surface area contributed by atoms with Gasteiger partial charge < -0.3 is 10.1 Å². The van der Waals surface area contributed by atoms with Crippen LogP contribution in [0.4, 0.5) is 8.78 Å². The SMILES string of the molecule is Fc1cc(Cl)cc(F)c1OC1CCNCC1. The van der Waals surface area contributed by atoms with Crippen LogP contribution in [0.1, 0.15) is 12.8 Å². The lowest BCUT2D eigenvalue weighted by Crippen LogP contribution is -2.34. The maximum atomic E-state index is 13.4. The standard InChI is InChI=1S/C11H12ClF2NO/c12-7-5-9(13)11(10(14)6-7)16-8-1-3-15-4-2-8/h5-6,8,15H,1-4H2. The van der Waals surface area contributed by atoms with Crippen molar-refractivity contribution in [1.82, 2.24) is 5.32 Å². The molecular weight excluding hydrogens is 236 g/mol. The molecule has 2 nitrogen and oxygen atoms in total. The molecule has 0 spiro atoms. The minimum Gasteiger partial charge on any atom is -0.484 e. The Balaban J connectivity index is 2.14. The Bertz CT molecular complexity index is 357. The van der Waals surface area contributed by atoms with E-state index in [1.54, 1.807) is 0 Å². The summed E-state index contributed by atoms with van der Waals surface area (Å²) in [6, 6.07) is 2.11. The summed E-state index contributed by atoms with van der Waals surface area (Å²) in [5.74, 6) is -1.82. The van der Waals surface area contributed by atoms with Gasteiger partial charge in [0.1, 0.15) is 6.10 Å². The van der Waals surface area contributed by atoms with Gasteiger partial charge >= 0.3 is 0 Å². The van der Waals surface area contributed by atoms with Crippen LogP contribution in [0, 0.1) is 11.6 Å². The van der Waals surface area contributed by atoms with Crippen molar-refractivity contribution in [2.24, 2.45) is 0 Å². The predicted molar refractivity (Wildman–Crippen MR) is 57.9 cm³/mol. The van der Waals surface area contributed by atoms with Gasteiger partial charge in [0, 0.05) is 5.02 Å². The molecule has 1 aromatic carbocycles. The Labute approximate surface area is 97.5 Å². The minimum absolute atomic E-state index is 0.0349. The van der Waals surface area contributed by atoms with Crippen molar-refractivity contribution >= 4 is 11.6 Å². The zero-order valence-electron chi connectivity index (χ0n) is 8.60. The molecule has 1 heterocycles. The van der Waals surface area contributed by atoms with Gasteiger partial charge in [-0.2, -0.15) is 0 Å². The van der Waals surface area contributed by atoms with Gasteiger partial charge in [-0.15, -0.1) is 0 Å². The van der Waals surface area contributed by atoms with E-state index in [9.17, 15) is 8.78 Å². The van der Waals surface area contributed by atoms with E-state index in [1.807, 2.05) is 0 Å². The molecule has 0 atom stereocenters. The van der Waals surface area contributed by atoms with Gasteiger partial charge in [-0.3, -0.25) is 0 Å². The first-order valence-corrected chi connectivity index (χ1v) is 5.56. The van der Waals surface area contributed by atoms with Crippen molar-refractivity contribution in [3.63, 3.8) is 0 Å². The van der Waals surface area contributed by atoms with Crippen LogP contribution in [0.3, 0.4) is 0 Å². The number of rotatable bonds is 2. The summed E-state index contributed by atoms with van der Waals surface area (Å²) in [7, 11) is 0. The van der Waals surface area contributed by atoms with E-state index in [-0.39, 0.29) is 16.9 Å². The number of hydrogen-bond acceptors (Lipinski definition) is 2. The molecule has 0 bridgehead atoms. The quantitative estimate of drug-likeness (QED) is 0.868. The summed E-state index contributed by atoms with van der Waals surface area (Å²) in [6.07, 6.45) is 1.37. The highest BCUT2D eigenvalue weighted by Gasteiger charge is 2.19. The average Bonchev–Trinajstić information content (AvgIpc) is 2.25. The molecule has 1 aliphatic heterocycles. The molecule has 0 amide bonds. The summed E-state index contributed by atoms with van der Waals surface area (Å²) in [5, 5.41) is 3.19. The topological polar surface area (TPSA) is 21.3 Å². The zero-order chi connectivity index (χ0) is 11.5. The molecule has 1 aromatic rings. The lowest BCUT2D eigenvalue weighted by atomic mass is 10.1. The van der Waals surface area contributed by atoms with Gasteiger partial charge in [-0.25, -0.2) is 8.78 Å². The largest absolute Gasteiger partial charge is 0.484 e. The van der Waals surface area contributed by atoms with Crippen LogP contribution in [0.2, 0.25) is 5.02 Å². The molecule has 1 N–H and O–H groups in total. The lowest BCUT2D eigenvalue weighted by Gasteiger charge is -2.24. The molecule has 0 radical (unpaired) electrons. The molecule has 0 aromatic heterocycles. The van der Waals surface area contributed by atoms with Gasteiger partial charge in [-0.1, -0.05) is 11.6 Å². The molecule has 88 valence electrons. The Morgan fingerprint density at radius 2 is 1.75 bits per heavy atom. The molecule has 1 saturated heterocycles. The first-order valence-electron chi connectivity index (χ1n) is 5.19. The molecule has 0 saturated carbocycles. The van der Waals surface area contributed by atoms with Gasteiger partial charge in [0.05, 0.1) is 0 Å². The molecule has 16 heavy (non-hydrogen) atoms. The number of benzene rings is 1. The van der Waals surface area contributed by atoms with E-state index in [0.717, 1.165) is 38.1 Å². The Morgan fingerprint density at radius 1 is 1.19 bits per heavy atom. The maximum Gasteiger partial charge on any atom is 0.191 e. The van der Waals surface area contributed by atoms with Crippen LogP contribution in [0.25, 0.3) is 0 Å². The monoisotopic (exact) mass is 247 g/mol. The van der Waals surface area contributed by atoms with Crippen LogP contribution >= 0.6 is 11.6 Å². The summed E-state index contributed by atoms with van der Waals surface area (Å²) < 4.78 is 32.1. The highest BCUT2D eigenvalue weighted by molar-refractivity contribution is 6.30. The van der Waals surface area contributed by atoms with Crippen LogP contribution in [0.15, 0.2) is 12.1 Å². The van der Waals surface area contributed by atoms with E-state index in [4.69, 9.17) is 16.3 Å². The molecule has 0 unspecified atom stereocenters. The number of ether oxygens (including phenoxy) is 1. The first-order chi connectivity index (χ1) is 7.66. The Hall–Kier alpha value is -0.870. The molecule has 1 fully saturated rings. The summed E-state index contributed by atoms with van der Waals surface area (Å²) >= 11 is 5.52. The molecule has 1 aliphatic rings. The van der Waals surface area contributed by atoms with E-state index in [1.165, 1.54) is 0 Å². The highest BCUT2D eigenvalue weighted by Crippen LogP contribution is 2.27. The van der Waals surface area contributed by atoms with Gasteiger partial charge in [0.2, 0.25) is 0 Å². The second kappa shape index (κ2) is 4.97. The minimum atomic E-state index is -0.747. The third kappa shape index (κ3) is 2.62. The van der Waals surface area contributed by atoms with Crippen molar-refractivity contribution in [2.75, 3.05) is 13.1 Å². The summed E-state index contributed by atoms with van der Waals surface area (Å²) in [4.78, 5) is 0. The lowest BCUT2D eigenvalue weighted by molar-refractivity contribution is 0.149. The third-order valence-corrected chi connectivity index (χ3v) is 2.75. The first kappa shape index (κ1) is 11.6. The fraction of sp³-hybridized carbons (Fsp3) is 0.455. The van der Waals surface area contributed by atoms with E-state index in [2.05, 4.69) is 5.32 Å². The molecule has 2 rings (SSSR count). The Kier molecular flexibility index (Phi) is 3.61. The smallest absolute Gasteiger partial charge is 0.191 e. The van der Waals surface area contributed by atoms with Crippen molar-refractivity contribution < 1.29 is 13.5 Å². The second-order valence-corrected chi connectivity index (χ2v) is 4.20. The highest BCUT2D eigenvalue weighted by atomic mass is 35.5. The number of halogens is 3. The normalized spacial score (nSPS) is 17.4. The van der Waals surface area contributed by atoms with Gasteiger partial charge in [-0.05, 0) is 38.1 Å². The Morgan fingerprint density at radius 3 is 2.31 bits per heavy atom. The van der Waals surface area contributed by atoms with Crippen LogP contribution < -0.4 is 10.1 Å². The van der Waals surface area contributed by atoms with E-state index in [0.29, 0.717) is 0 Å². The molecule has 5 heteroatoms. The van der Waals surface area contributed by atoms with Crippen molar-refractivity contribution in [3.8, 4) is 5.75 Å². The van der Waals surface area contributed by atoms with Crippen LogP contribution in [0.5, 0.6) is 5.75 Å². The van der Waals surface area contributed by atoms with Gasteiger partial charge in [0.15, 0.2) is 17.4 Å². The van der Waals surface area contributed by atoms with E-state index >= 15 is 0 Å².